The minimum atomic E-state index is -0.522. The Labute approximate surface area is 143 Å². The van der Waals surface area contributed by atoms with Crippen LogP contribution in [0.15, 0.2) is 30.3 Å². The van der Waals surface area contributed by atoms with Crippen LogP contribution in [-0.4, -0.2) is 18.0 Å². The number of benzene rings is 2. The highest BCUT2D eigenvalue weighted by atomic mass is 35.5. The van der Waals surface area contributed by atoms with Crippen molar-refractivity contribution in [3.63, 3.8) is 0 Å². The third kappa shape index (κ3) is 3.94. The number of anilines is 1. The van der Waals surface area contributed by atoms with E-state index in [2.05, 4.69) is 10.6 Å². The van der Waals surface area contributed by atoms with Crippen molar-refractivity contribution in [1.29, 1.82) is 0 Å². The van der Waals surface area contributed by atoms with E-state index in [0.717, 1.165) is 11.1 Å². The predicted octanol–water partition coefficient (Wildman–Crippen LogP) is 4.41. The Bertz CT molecular complexity index is 785. The number of hydrogen-bond acceptors (Lipinski definition) is 4. The van der Waals surface area contributed by atoms with Crippen LogP contribution in [0.2, 0.25) is 5.02 Å². The number of hydrogen-bond donors (Lipinski definition) is 2. The van der Waals surface area contributed by atoms with Crippen LogP contribution < -0.4 is 15.4 Å². The van der Waals surface area contributed by atoms with E-state index in [-0.39, 0.29) is 16.7 Å². The van der Waals surface area contributed by atoms with Gasteiger partial charge in [-0.1, -0.05) is 11.6 Å². The summed E-state index contributed by atoms with van der Waals surface area (Å²) in [5.41, 5.74) is 2.10. The lowest BCUT2D eigenvalue weighted by atomic mass is 10.1. The Kier molecular flexibility index (Phi) is 5.25. The standard InChI is InChI=1S/C16H16ClN3O4/c1-9-6-11(19-16(21)18-3)7-10(2)15(9)24-14-5-4-12(20(22)23)8-13(14)17/h4-8H,1-3H3,(H2,18,19,21). The molecule has 126 valence electrons. The van der Waals surface area contributed by atoms with Crippen molar-refractivity contribution in [2.24, 2.45) is 0 Å². The molecule has 0 bridgehead atoms. The van der Waals surface area contributed by atoms with Gasteiger partial charge in [-0.15, -0.1) is 0 Å². The topological polar surface area (TPSA) is 93.5 Å². The fraction of sp³-hybridized carbons (Fsp3) is 0.188. The first-order valence-electron chi connectivity index (χ1n) is 7.03. The zero-order valence-electron chi connectivity index (χ0n) is 13.3. The maximum Gasteiger partial charge on any atom is 0.318 e. The molecule has 8 heteroatoms. The molecule has 0 saturated carbocycles. The maximum atomic E-state index is 11.4. The summed E-state index contributed by atoms with van der Waals surface area (Å²) in [6, 6.07) is 7.22. The smallest absolute Gasteiger partial charge is 0.318 e. The molecule has 0 aliphatic rings. The monoisotopic (exact) mass is 349 g/mol. The number of non-ortho nitro benzene ring substituents is 1. The summed E-state index contributed by atoms with van der Waals surface area (Å²) in [6.07, 6.45) is 0. The molecule has 0 atom stereocenters. The third-order valence-corrected chi connectivity index (χ3v) is 3.58. The van der Waals surface area contributed by atoms with Crippen LogP contribution in [0.5, 0.6) is 11.5 Å². The van der Waals surface area contributed by atoms with Crippen LogP contribution in [0, 0.1) is 24.0 Å². The van der Waals surface area contributed by atoms with Gasteiger partial charge in [0.05, 0.1) is 9.95 Å². The zero-order valence-corrected chi connectivity index (χ0v) is 14.1. The number of nitro groups is 1. The Morgan fingerprint density at radius 2 is 1.83 bits per heavy atom. The Morgan fingerprint density at radius 1 is 1.21 bits per heavy atom. The van der Waals surface area contributed by atoms with E-state index in [1.54, 1.807) is 12.1 Å². The van der Waals surface area contributed by atoms with E-state index in [4.69, 9.17) is 16.3 Å². The quantitative estimate of drug-likeness (QED) is 0.631. The lowest BCUT2D eigenvalue weighted by Crippen LogP contribution is -2.24. The first-order valence-corrected chi connectivity index (χ1v) is 7.41. The molecule has 0 saturated heterocycles. The van der Waals surface area contributed by atoms with Gasteiger partial charge in [-0.25, -0.2) is 4.79 Å². The molecule has 0 heterocycles. The molecule has 2 rings (SSSR count). The molecule has 0 fully saturated rings. The van der Waals surface area contributed by atoms with Crippen molar-refractivity contribution in [2.45, 2.75) is 13.8 Å². The second-order valence-corrected chi connectivity index (χ2v) is 5.52. The van der Waals surface area contributed by atoms with Crippen LogP contribution >= 0.6 is 11.6 Å². The maximum absolute atomic E-state index is 11.4. The molecule has 0 aliphatic carbocycles. The van der Waals surface area contributed by atoms with E-state index < -0.39 is 4.92 Å². The first kappa shape index (κ1) is 17.6. The van der Waals surface area contributed by atoms with Crippen molar-refractivity contribution < 1.29 is 14.5 Å². The van der Waals surface area contributed by atoms with Gasteiger partial charge in [0, 0.05) is 24.9 Å². The van der Waals surface area contributed by atoms with Gasteiger partial charge in [0.15, 0.2) is 0 Å². The number of halogens is 1. The molecule has 0 unspecified atom stereocenters. The Hall–Kier alpha value is -2.80. The number of nitro benzene ring substituents is 1. The second kappa shape index (κ2) is 7.18. The summed E-state index contributed by atoms with van der Waals surface area (Å²) < 4.78 is 5.81. The average molecular weight is 350 g/mol. The lowest BCUT2D eigenvalue weighted by Gasteiger charge is -2.15. The molecular formula is C16H16ClN3O4. The number of carbonyl (C=O) groups excluding carboxylic acids is 1. The van der Waals surface area contributed by atoms with Crippen molar-refractivity contribution in [3.05, 3.63) is 56.6 Å². The highest BCUT2D eigenvalue weighted by Crippen LogP contribution is 2.36. The van der Waals surface area contributed by atoms with Gasteiger partial charge >= 0.3 is 6.03 Å². The summed E-state index contributed by atoms with van der Waals surface area (Å²) in [4.78, 5) is 21.6. The number of carbonyl (C=O) groups is 1. The third-order valence-electron chi connectivity index (χ3n) is 3.28. The molecular weight excluding hydrogens is 334 g/mol. The van der Waals surface area contributed by atoms with E-state index in [0.29, 0.717) is 17.2 Å². The fourth-order valence-corrected chi connectivity index (χ4v) is 2.39. The largest absolute Gasteiger partial charge is 0.455 e. The molecule has 24 heavy (non-hydrogen) atoms. The van der Waals surface area contributed by atoms with E-state index in [9.17, 15) is 14.9 Å². The Morgan fingerprint density at radius 3 is 2.33 bits per heavy atom. The molecule has 2 aromatic rings. The number of amides is 2. The summed E-state index contributed by atoms with van der Waals surface area (Å²) in [6.45, 7) is 3.66. The summed E-state index contributed by atoms with van der Waals surface area (Å²) in [5.74, 6) is 0.897. The summed E-state index contributed by atoms with van der Waals surface area (Å²) in [7, 11) is 1.53. The SMILES string of the molecule is CNC(=O)Nc1cc(C)c(Oc2ccc([N+](=O)[O-])cc2Cl)c(C)c1. The van der Waals surface area contributed by atoms with Crippen LogP contribution in [0.1, 0.15) is 11.1 Å². The van der Waals surface area contributed by atoms with Crippen LogP contribution in [0.3, 0.4) is 0 Å². The molecule has 7 nitrogen and oxygen atoms in total. The summed E-state index contributed by atoms with van der Waals surface area (Å²) in [5, 5.41) is 16.1. The molecule has 2 aromatic carbocycles. The van der Waals surface area contributed by atoms with E-state index in [1.165, 1.54) is 25.2 Å². The van der Waals surface area contributed by atoms with Gasteiger partial charge in [0.2, 0.25) is 0 Å². The summed E-state index contributed by atoms with van der Waals surface area (Å²) >= 11 is 6.05. The first-order chi connectivity index (χ1) is 11.3. The Balaban J connectivity index is 2.30. The van der Waals surface area contributed by atoms with Gasteiger partial charge in [-0.05, 0) is 43.2 Å². The van der Waals surface area contributed by atoms with Crippen molar-refractivity contribution in [1.82, 2.24) is 5.32 Å². The fourth-order valence-electron chi connectivity index (χ4n) is 2.17. The van der Waals surface area contributed by atoms with Gasteiger partial charge < -0.3 is 15.4 Å². The highest BCUT2D eigenvalue weighted by molar-refractivity contribution is 6.32. The highest BCUT2D eigenvalue weighted by Gasteiger charge is 2.14. The number of nitrogens with zero attached hydrogens (tertiary/aromatic N) is 1. The molecule has 0 spiro atoms. The molecule has 2 N–H and O–H groups in total. The molecule has 0 aromatic heterocycles. The van der Waals surface area contributed by atoms with Crippen molar-refractivity contribution in [2.75, 3.05) is 12.4 Å². The average Bonchev–Trinajstić information content (AvgIpc) is 2.51. The van der Waals surface area contributed by atoms with Crippen molar-refractivity contribution >= 4 is 29.0 Å². The van der Waals surface area contributed by atoms with Crippen LogP contribution in [0.4, 0.5) is 16.2 Å². The van der Waals surface area contributed by atoms with Gasteiger partial charge in [0.1, 0.15) is 11.5 Å². The number of ether oxygens (including phenoxy) is 1. The number of rotatable bonds is 4. The molecule has 0 aliphatic heterocycles. The molecule has 0 radical (unpaired) electrons. The van der Waals surface area contributed by atoms with E-state index >= 15 is 0 Å². The van der Waals surface area contributed by atoms with Crippen LogP contribution in [0.25, 0.3) is 0 Å². The second-order valence-electron chi connectivity index (χ2n) is 5.12. The number of nitrogens with one attached hydrogen (secondary N) is 2. The zero-order chi connectivity index (χ0) is 17.9. The lowest BCUT2D eigenvalue weighted by molar-refractivity contribution is -0.384. The van der Waals surface area contributed by atoms with Gasteiger partial charge in [-0.3, -0.25) is 10.1 Å². The van der Waals surface area contributed by atoms with E-state index in [1.807, 2.05) is 13.8 Å². The number of urea groups is 1. The minimum absolute atomic E-state index is 0.106. The van der Waals surface area contributed by atoms with Gasteiger partial charge in [-0.2, -0.15) is 0 Å². The number of aryl methyl sites for hydroxylation is 2. The van der Waals surface area contributed by atoms with Gasteiger partial charge in [0.25, 0.3) is 5.69 Å². The van der Waals surface area contributed by atoms with Crippen LogP contribution in [-0.2, 0) is 0 Å². The van der Waals surface area contributed by atoms with Crippen molar-refractivity contribution in [3.8, 4) is 11.5 Å². The minimum Gasteiger partial charge on any atom is -0.455 e. The predicted molar refractivity (Wildman–Crippen MR) is 92.2 cm³/mol. The normalized spacial score (nSPS) is 10.2. The molecule has 2 amide bonds.